The zero-order valence-electron chi connectivity index (χ0n) is 13.5. The lowest BCUT2D eigenvalue weighted by atomic mass is 9.78. The van der Waals surface area contributed by atoms with Crippen LogP contribution in [0.25, 0.3) is 5.57 Å². The van der Waals surface area contributed by atoms with Crippen molar-refractivity contribution in [3.05, 3.63) is 47.1 Å². The number of esters is 1. The minimum Gasteiger partial charge on any atom is -0.457 e. The number of aliphatic imine (C=N–C) groups is 1. The standard InChI is InChI=1S/C17H15F2NO4S/c1-17(4-3-5-20-9-17)15-11(8-24-16(15)21)10-6-13(19)14(7-12(10)18)25(2,22)23/h3-7H,8-9H2,1-2H3. The Morgan fingerprint density at radius 2 is 1.96 bits per heavy atom. The molecule has 5 nitrogen and oxygen atoms in total. The first-order chi connectivity index (χ1) is 11.6. The predicted octanol–water partition coefficient (Wildman–Crippen LogP) is 2.33. The van der Waals surface area contributed by atoms with Crippen molar-refractivity contribution in [3.8, 4) is 0 Å². The molecular formula is C17H15F2NO4S. The second-order valence-corrected chi connectivity index (χ2v) is 8.21. The Morgan fingerprint density at radius 1 is 1.24 bits per heavy atom. The summed E-state index contributed by atoms with van der Waals surface area (Å²) in [7, 11) is -3.91. The normalized spacial score (nSPS) is 23.3. The number of sulfone groups is 1. The van der Waals surface area contributed by atoms with Crippen LogP contribution in [-0.4, -0.2) is 40.0 Å². The first-order valence-corrected chi connectivity index (χ1v) is 9.30. The molecule has 0 saturated carbocycles. The van der Waals surface area contributed by atoms with Crippen molar-refractivity contribution in [3.63, 3.8) is 0 Å². The summed E-state index contributed by atoms with van der Waals surface area (Å²) < 4.78 is 56.8. The Morgan fingerprint density at radius 3 is 2.56 bits per heavy atom. The predicted molar refractivity (Wildman–Crippen MR) is 88.0 cm³/mol. The molecule has 1 unspecified atom stereocenters. The summed E-state index contributed by atoms with van der Waals surface area (Å²) in [5, 5.41) is 0. The highest BCUT2D eigenvalue weighted by Gasteiger charge is 2.40. The van der Waals surface area contributed by atoms with E-state index in [-0.39, 0.29) is 29.9 Å². The lowest BCUT2D eigenvalue weighted by molar-refractivity contribution is -0.136. The zero-order valence-corrected chi connectivity index (χ0v) is 14.4. The van der Waals surface area contributed by atoms with Crippen molar-refractivity contribution in [1.29, 1.82) is 0 Å². The summed E-state index contributed by atoms with van der Waals surface area (Å²) >= 11 is 0. The fourth-order valence-electron chi connectivity index (χ4n) is 3.01. The number of halogens is 2. The van der Waals surface area contributed by atoms with Crippen molar-refractivity contribution in [2.45, 2.75) is 11.8 Å². The smallest absolute Gasteiger partial charge is 0.335 e. The summed E-state index contributed by atoms with van der Waals surface area (Å²) in [5.41, 5.74) is -0.595. The SMILES string of the molecule is CC1(C2=C(c3cc(F)c(S(C)(=O)=O)cc3F)COC2=O)C=CC=NC1. The van der Waals surface area contributed by atoms with Gasteiger partial charge in [-0.1, -0.05) is 6.08 Å². The van der Waals surface area contributed by atoms with Gasteiger partial charge in [-0.2, -0.15) is 0 Å². The average molecular weight is 367 g/mol. The van der Waals surface area contributed by atoms with Gasteiger partial charge in [0.2, 0.25) is 0 Å². The molecular weight excluding hydrogens is 352 g/mol. The summed E-state index contributed by atoms with van der Waals surface area (Å²) in [4.78, 5) is 15.6. The number of dihydropyridines is 1. The maximum absolute atomic E-state index is 14.5. The number of hydrogen-bond acceptors (Lipinski definition) is 5. The highest BCUT2D eigenvalue weighted by atomic mass is 32.2. The van der Waals surface area contributed by atoms with Crippen LogP contribution in [0.5, 0.6) is 0 Å². The number of benzene rings is 1. The molecule has 8 heteroatoms. The van der Waals surface area contributed by atoms with E-state index in [1.165, 1.54) is 0 Å². The minimum absolute atomic E-state index is 0.185. The van der Waals surface area contributed by atoms with E-state index in [1.54, 1.807) is 25.3 Å². The van der Waals surface area contributed by atoms with Crippen LogP contribution in [0.4, 0.5) is 8.78 Å². The van der Waals surface area contributed by atoms with Gasteiger partial charge in [-0.05, 0) is 25.1 Å². The Balaban J connectivity index is 2.20. The quantitative estimate of drug-likeness (QED) is 0.769. The third-order valence-electron chi connectivity index (χ3n) is 4.25. The fourth-order valence-corrected chi connectivity index (χ4v) is 3.74. The molecule has 1 aromatic rings. The van der Waals surface area contributed by atoms with Crippen molar-refractivity contribution >= 4 is 27.6 Å². The Labute approximate surface area is 143 Å². The Kier molecular flexibility index (Phi) is 4.10. The average Bonchev–Trinajstić information content (AvgIpc) is 2.91. The fraction of sp³-hybridized carbons (Fsp3) is 0.294. The summed E-state index contributed by atoms with van der Waals surface area (Å²) in [5.74, 6) is -2.63. The van der Waals surface area contributed by atoms with Crippen LogP contribution in [0.1, 0.15) is 12.5 Å². The van der Waals surface area contributed by atoms with Crippen LogP contribution >= 0.6 is 0 Å². The highest BCUT2D eigenvalue weighted by molar-refractivity contribution is 7.90. The molecule has 0 N–H and O–H groups in total. The monoisotopic (exact) mass is 367 g/mol. The van der Waals surface area contributed by atoms with Gasteiger partial charge in [0.05, 0.1) is 12.1 Å². The van der Waals surface area contributed by atoms with Gasteiger partial charge in [0.15, 0.2) is 9.84 Å². The maximum atomic E-state index is 14.5. The van der Waals surface area contributed by atoms with Crippen molar-refractivity contribution in [1.82, 2.24) is 0 Å². The number of hydrogen-bond donors (Lipinski definition) is 0. The number of carbonyl (C=O) groups excluding carboxylic acids is 1. The first kappa shape index (κ1) is 17.5. The van der Waals surface area contributed by atoms with Crippen LogP contribution in [0.3, 0.4) is 0 Å². The molecule has 0 fully saturated rings. The van der Waals surface area contributed by atoms with Gasteiger partial charge >= 0.3 is 5.97 Å². The van der Waals surface area contributed by atoms with E-state index in [0.717, 1.165) is 12.3 Å². The van der Waals surface area contributed by atoms with Crippen LogP contribution in [0.2, 0.25) is 0 Å². The van der Waals surface area contributed by atoms with Gasteiger partial charge in [0.25, 0.3) is 0 Å². The van der Waals surface area contributed by atoms with Crippen LogP contribution in [0.15, 0.2) is 39.7 Å². The van der Waals surface area contributed by atoms with E-state index in [0.29, 0.717) is 6.07 Å². The number of carbonyl (C=O) groups is 1. The third kappa shape index (κ3) is 3.02. The first-order valence-electron chi connectivity index (χ1n) is 7.41. The molecule has 0 bridgehead atoms. The molecule has 25 heavy (non-hydrogen) atoms. The van der Waals surface area contributed by atoms with Crippen molar-refractivity contribution < 1.29 is 26.7 Å². The Hall–Kier alpha value is -2.35. The molecule has 2 aliphatic heterocycles. The molecule has 1 aromatic carbocycles. The van der Waals surface area contributed by atoms with Crippen molar-refractivity contribution in [2.24, 2.45) is 10.4 Å². The van der Waals surface area contributed by atoms with Crippen LogP contribution in [-0.2, 0) is 19.4 Å². The molecule has 0 radical (unpaired) electrons. The molecule has 0 aromatic heterocycles. The second-order valence-electron chi connectivity index (χ2n) is 6.23. The zero-order chi connectivity index (χ0) is 18.4. The van der Waals surface area contributed by atoms with Crippen LogP contribution in [0, 0.1) is 17.0 Å². The van der Waals surface area contributed by atoms with Gasteiger partial charge in [0, 0.05) is 29.0 Å². The largest absolute Gasteiger partial charge is 0.457 e. The lowest BCUT2D eigenvalue weighted by Crippen LogP contribution is -2.26. The number of ether oxygens (including phenoxy) is 1. The molecule has 2 aliphatic rings. The highest BCUT2D eigenvalue weighted by Crippen LogP contribution is 2.41. The molecule has 2 heterocycles. The minimum atomic E-state index is -3.91. The van der Waals surface area contributed by atoms with Gasteiger partial charge in [-0.25, -0.2) is 22.0 Å². The molecule has 1 atom stereocenters. The summed E-state index contributed by atoms with van der Waals surface area (Å²) in [6.07, 6.45) is 5.80. The summed E-state index contributed by atoms with van der Waals surface area (Å²) in [6.45, 7) is 1.81. The molecule has 0 amide bonds. The van der Waals surface area contributed by atoms with E-state index >= 15 is 0 Å². The molecule has 0 aliphatic carbocycles. The lowest BCUT2D eigenvalue weighted by Gasteiger charge is -2.26. The summed E-state index contributed by atoms with van der Waals surface area (Å²) in [6, 6.07) is 1.42. The maximum Gasteiger partial charge on any atom is 0.335 e. The van der Waals surface area contributed by atoms with E-state index in [9.17, 15) is 22.0 Å². The molecule has 3 rings (SSSR count). The van der Waals surface area contributed by atoms with E-state index in [1.807, 2.05) is 0 Å². The van der Waals surface area contributed by atoms with Gasteiger partial charge < -0.3 is 4.74 Å². The molecule has 0 spiro atoms. The molecule has 0 saturated heterocycles. The van der Waals surface area contributed by atoms with Gasteiger partial charge in [-0.3, -0.25) is 4.99 Å². The number of nitrogens with zero attached hydrogens (tertiary/aromatic N) is 1. The van der Waals surface area contributed by atoms with Crippen LogP contribution < -0.4 is 0 Å². The topological polar surface area (TPSA) is 72.8 Å². The van der Waals surface area contributed by atoms with E-state index in [2.05, 4.69) is 4.99 Å². The number of allylic oxidation sites excluding steroid dienone is 1. The van der Waals surface area contributed by atoms with Crippen molar-refractivity contribution in [2.75, 3.05) is 19.4 Å². The van der Waals surface area contributed by atoms with Gasteiger partial charge in [-0.15, -0.1) is 0 Å². The van der Waals surface area contributed by atoms with E-state index < -0.39 is 37.8 Å². The molecule has 132 valence electrons. The van der Waals surface area contributed by atoms with Gasteiger partial charge in [0.1, 0.15) is 23.1 Å². The second kappa shape index (κ2) is 5.87. The third-order valence-corrected chi connectivity index (χ3v) is 5.36. The van der Waals surface area contributed by atoms with E-state index in [4.69, 9.17) is 4.74 Å². The Bertz CT molecular complexity index is 963. The number of rotatable bonds is 3. The number of cyclic esters (lactones) is 1.